The molecule has 5 heteroatoms. The fraction of sp³-hybridized carbons (Fsp3) is 0.250. The summed E-state index contributed by atoms with van der Waals surface area (Å²) < 4.78 is 5.82. The predicted molar refractivity (Wildman–Crippen MR) is 90.1 cm³/mol. The van der Waals surface area contributed by atoms with E-state index in [0.29, 0.717) is 26.6 Å². The lowest BCUT2D eigenvalue weighted by atomic mass is 10.0. The molecule has 2 rings (SSSR count). The van der Waals surface area contributed by atoms with Gasteiger partial charge in [-0.15, -0.1) is 0 Å². The molecule has 1 unspecified atom stereocenters. The van der Waals surface area contributed by atoms with Crippen LogP contribution < -0.4 is 10.1 Å². The Balaban J connectivity index is 2.28. The Morgan fingerprint density at radius 1 is 1.05 bits per heavy atom. The summed E-state index contributed by atoms with van der Waals surface area (Å²) in [6.45, 7) is 2.13. The second-order valence-electron chi connectivity index (χ2n) is 4.62. The van der Waals surface area contributed by atoms with Crippen molar-refractivity contribution in [3.63, 3.8) is 0 Å². The number of ether oxygens (including phenoxy) is 1. The molecule has 0 aliphatic carbocycles. The standard InChI is InChI=1S/C16H16Cl3NO/c1-3-15(20-2)10-5-4-6-11(7-10)21-16-9-13(18)12(17)8-14(16)19/h4-9,15,20H,3H2,1-2H3. The molecule has 2 aromatic rings. The molecule has 0 aromatic heterocycles. The summed E-state index contributed by atoms with van der Waals surface area (Å²) in [6, 6.07) is 11.4. The van der Waals surface area contributed by atoms with Crippen molar-refractivity contribution in [3.05, 3.63) is 57.0 Å². The van der Waals surface area contributed by atoms with Gasteiger partial charge < -0.3 is 10.1 Å². The molecule has 0 saturated heterocycles. The molecular formula is C16H16Cl3NO. The van der Waals surface area contributed by atoms with Gasteiger partial charge in [-0.2, -0.15) is 0 Å². The first-order chi connectivity index (χ1) is 10.0. The Kier molecular flexibility index (Phi) is 5.77. The van der Waals surface area contributed by atoms with Crippen molar-refractivity contribution in [3.8, 4) is 11.5 Å². The summed E-state index contributed by atoms with van der Waals surface area (Å²) in [7, 11) is 1.94. The minimum Gasteiger partial charge on any atom is -0.456 e. The zero-order valence-corrected chi connectivity index (χ0v) is 14.1. The van der Waals surface area contributed by atoms with Gasteiger partial charge in [0, 0.05) is 12.1 Å². The van der Waals surface area contributed by atoms with E-state index in [9.17, 15) is 0 Å². The van der Waals surface area contributed by atoms with Crippen LogP contribution in [0.1, 0.15) is 24.9 Å². The number of rotatable bonds is 5. The van der Waals surface area contributed by atoms with Crippen molar-refractivity contribution >= 4 is 34.8 Å². The zero-order chi connectivity index (χ0) is 15.4. The van der Waals surface area contributed by atoms with E-state index in [1.807, 2.05) is 25.2 Å². The van der Waals surface area contributed by atoms with E-state index in [0.717, 1.165) is 12.0 Å². The second-order valence-corrected chi connectivity index (χ2v) is 5.84. The summed E-state index contributed by atoms with van der Waals surface area (Å²) in [5, 5.41) is 4.51. The first kappa shape index (κ1) is 16.4. The maximum Gasteiger partial charge on any atom is 0.147 e. The SMILES string of the molecule is CCC(NC)c1cccc(Oc2cc(Cl)c(Cl)cc2Cl)c1. The van der Waals surface area contributed by atoms with Gasteiger partial charge in [-0.05, 0) is 37.2 Å². The van der Waals surface area contributed by atoms with Crippen LogP contribution in [0.25, 0.3) is 0 Å². The minimum atomic E-state index is 0.290. The van der Waals surface area contributed by atoms with Crippen LogP contribution in [0.5, 0.6) is 11.5 Å². The number of nitrogens with one attached hydrogen (secondary N) is 1. The van der Waals surface area contributed by atoms with E-state index in [1.54, 1.807) is 12.1 Å². The van der Waals surface area contributed by atoms with Gasteiger partial charge in [-0.3, -0.25) is 0 Å². The quantitative estimate of drug-likeness (QED) is 0.661. The van der Waals surface area contributed by atoms with Gasteiger partial charge in [-0.25, -0.2) is 0 Å². The Labute approximate surface area is 140 Å². The van der Waals surface area contributed by atoms with Crippen molar-refractivity contribution in [2.24, 2.45) is 0 Å². The fourth-order valence-corrected chi connectivity index (χ4v) is 2.69. The highest BCUT2D eigenvalue weighted by Crippen LogP contribution is 2.36. The molecule has 0 saturated carbocycles. The van der Waals surface area contributed by atoms with Crippen LogP contribution in [0, 0.1) is 0 Å². The Bertz CT molecular complexity index is 627. The predicted octanol–water partition coefficient (Wildman–Crippen LogP) is 6.11. The van der Waals surface area contributed by atoms with Gasteiger partial charge in [0.25, 0.3) is 0 Å². The highest BCUT2D eigenvalue weighted by molar-refractivity contribution is 6.43. The lowest BCUT2D eigenvalue weighted by Gasteiger charge is -2.16. The Morgan fingerprint density at radius 2 is 1.76 bits per heavy atom. The van der Waals surface area contributed by atoms with Crippen LogP contribution >= 0.6 is 34.8 Å². The lowest BCUT2D eigenvalue weighted by Crippen LogP contribution is -2.14. The maximum atomic E-state index is 6.13. The highest BCUT2D eigenvalue weighted by Gasteiger charge is 2.10. The number of hydrogen-bond donors (Lipinski definition) is 1. The normalized spacial score (nSPS) is 12.2. The van der Waals surface area contributed by atoms with Crippen LogP contribution in [0.3, 0.4) is 0 Å². The van der Waals surface area contributed by atoms with Crippen LogP contribution in [0.15, 0.2) is 36.4 Å². The third-order valence-corrected chi connectivity index (χ3v) is 4.24. The Hall–Kier alpha value is -0.930. The van der Waals surface area contributed by atoms with Crippen molar-refractivity contribution in [1.29, 1.82) is 0 Å². The second kappa shape index (κ2) is 7.37. The third-order valence-electron chi connectivity index (χ3n) is 3.22. The Morgan fingerprint density at radius 3 is 2.43 bits per heavy atom. The maximum absolute atomic E-state index is 6.13. The minimum absolute atomic E-state index is 0.290. The van der Waals surface area contributed by atoms with Crippen LogP contribution in [-0.2, 0) is 0 Å². The average Bonchev–Trinajstić information content (AvgIpc) is 2.46. The summed E-state index contributed by atoms with van der Waals surface area (Å²) in [6.07, 6.45) is 0.994. The van der Waals surface area contributed by atoms with E-state index >= 15 is 0 Å². The van der Waals surface area contributed by atoms with Crippen LogP contribution in [0.4, 0.5) is 0 Å². The average molecular weight is 345 g/mol. The third kappa shape index (κ3) is 4.04. The first-order valence-corrected chi connectivity index (χ1v) is 7.78. The van der Waals surface area contributed by atoms with Crippen LogP contribution in [0.2, 0.25) is 15.1 Å². The van der Waals surface area contributed by atoms with E-state index in [1.165, 1.54) is 0 Å². The molecule has 0 fully saturated rings. The summed E-state index contributed by atoms with van der Waals surface area (Å²) in [5.74, 6) is 1.20. The van der Waals surface area contributed by atoms with Gasteiger partial charge in [-0.1, -0.05) is 53.9 Å². The van der Waals surface area contributed by atoms with E-state index < -0.39 is 0 Å². The summed E-state index contributed by atoms with van der Waals surface area (Å²) in [4.78, 5) is 0. The van der Waals surface area contributed by atoms with Crippen molar-refractivity contribution in [2.45, 2.75) is 19.4 Å². The van der Waals surface area contributed by atoms with Crippen LogP contribution in [-0.4, -0.2) is 7.05 Å². The molecule has 1 N–H and O–H groups in total. The van der Waals surface area contributed by atoms with Gasteiger partial charge in [0.15, 0.2) is 0 Å². The number of halogens is 3. The topological polar surface area (TPSA) is 21.3 Å². The van der Waals surface area contributed by atoms with Crippen molar-refractivity contribution < 1.29 is 4.74 Å². The van der Waals surface area contributed by atoms with Gasteiger partial charge in [0.05, 0.1) is 15.1 Å². The van der Waals surface area contributed by atoms with Gasteiger partial charge in [0.1, 0.15) is 11.5 Å². The number of hydrogen-bond acceptors (Lipinski definition) is 2. The fourth-order valence-electron chi connectivity index (χ4n) is 2.11. The molecule has 0 spiro atoms. The van der Waals surface area contributed by atoms with Crippen molar-refractivity contribution in [2.75, 3.05) is 7.05 Å². The highest BCUT2D eigenvalue weighted by atomic mass is 35.5. The molecule has 0 amide bonds. The lowest BCUT2D eigenvalue weighted by molar-refractivity contribution is 0.479. The number of benzene rings is 2. The molecular weight excluding hydrogens is 329 g/mol. The molecule has 0 aliphatic heterocycles. The smallest absolute Gasteiger partial charge is 0.147 e. The largest absolute Gasteiger partial charge is 0.456 e. The first-order valence-electron chi connectivity index (χ1n) is 6.64. The molecule has 2 aromatic carbocycles. The zero-order valence-electron chi connectivity index (χ0n) is 11.8. The van der Waals surface area contributed by atoms with Gasteiger partial charge >= 0.3 is 0 Å². The molecule has 112 valence electrons. The monoisotopic (exact) mass is 343 g/mol. The summed E-state index contributed by atoms with van der Waals surface area (Å²) >= 11 is 18.0. The van der Waals surface area contributed by atoms with Gasteiger partial charge in [0.2, 0.25) is 0 Å². The van der Waals surface area contributed by atoms with Crippen molar-refractivity contribution in [1.82, 2.24) is 5.32 Å². The molecule has 2 nitrogen and oxygen atoms in total. The molecule has 1 atom stereocenters. The van der Waals surface area contributed by atoms with E-state index in [2.05, 4.69) is 18.3 Å². The molecule has 0 heterocycles. The van der Waals surface area contributed by atoms with E-state index in [4.69, 9.17) is 39.5 Å². The van der Waals surface area contributed by atoms with E-state index in [-0.39, 0.29) is 6.04 Å². The molecule has 21 heavy (non-hydrogen) atoms. The molecule has 0 radical (unpaired) electrons. The summed E-state index contributed by atoms with van der Waals surface area (Å²) in [5.41, 5.74) is 1.16. The molecule has 0 bridgehead atoms. The molecule has 0 aliphatic rings.